The Labute approximate surface area is 186 Å². The van der Waals surface area contributed by atoms with E-state index in [-0.39, 0.29) is 12.5 Å². The molecule has 31 heavy (non-hydrogen) atoms. The van der Waals surface area contributed by atoms with E-state index < -0.39 is 43.6 Å². The topological polar surface area (TPSA) is 111 Å². The first-order chi connectivity index (χ1) is 14.2. The van der Waals surface area contributed by atoms with E-state index in [4.69, 9.17) is 8.92 Å². The van der Waals surface area contributed by atoms with Crippen LogP contribution in [0.15, 0.2) is 51.1 Å². The Balaban J connectivity index is 3.39. The first-order valence-corrected chi connectivity index (χ1v) is 13.0. The van der Waals surface area contributed by atoms with Crippen molar-refractivity contribution in [3.05, 3.63) is 41.8 Å². The molecule has 176 valence electrons. The lowest BCUT2D eigenvalue weighted by atomic mass is 9.89. The van der Waals surface area contributed by atoms with Crippen LogP contribution in [0.1, 0.15) is 41.5 Å². The van der Waals surface area contributed by atoms with Crippen molar-refractivity contribution in [2.45, 2.75) is 58.1 Å². The number of hydrogen-bond acceptors (Lipinski definition) is 7. The number of esters is 1. The molecule has 1 unspecified atom stereocenters. The number of carbonyl (C=O) groups is 1. The Morgan fingerprint density at radius 3 is 2.19 bits per heavy atom. The lowest BCUT2D eigenvalue weighted by molar-refractivity contribution is -0.146. The third-order valence-electron chi connectivity index (χ3n) is 4.16. The van der Waals surface area contributed by atoms with Crippen LogP contribution in [0, 0.1) is 11.8 Å². The lowest BCUT2D eigenvalue weighted by Crippen LogP contribution is -2.49. The summed E-state index contributed by atoms with van der Waals surface area (Å²) in [6, 6.07) is 7.46. The molecule has 0 radical (unpaired) electrons. The quantitative estimate of drug-likeness (QED) is 0.520. The number of nitrogens with one attached hydrogen (secondary N) is 1. The largest absolute Gasteiger partial charge is 0.465 e. The summed E-state index contributed by atoms with van der Waals surface area (Å²) in [7, 11) is -5.71. The third-order valence-corrected chi connectivity index (χ3v) is 7.44. The molecule has 0 heterocycles. The summed E-state index contributed by atoms with van der Waals surface area (Å²) in [5, 5.41) is 1.43. The standard InChI is InChI=1S/C21H34N2O6S2/c1-8-28-20(24)19(23-31(26,27)29-21(4,5)6)18(16(2)3)14-15-30(25,22-7)17-12-10-9-11-13-17/h9-16,18-19,23H,8H2,1-7H3/b15-14+/t18-,19-,30?/m0/s1. The first kappa shape index (κ1) is 27.3. The number of ether oxygens (including phenoxy) is 1. The van der Waals surface area contributed by atoms with Crippen molar-refractivity contribution in [2.24, 2.45) is 16.2 Å². The van der Waals surface area contributed by atoms with Crippen LogP contribution in [0.4, 0.5) is 0 Å². The van der Waals surface area contributed by atoms with Gasteiger partial charge in [-0.2, -0.15) is 13.1 Å². The van der Waals surface area contributed by atoms with E-state index in [2.05, 4.69) is 9.08 Å². The molecule has 0 fully saturated rings. The highest BCUT2D eigenvalue weighted by atomic mass is 32.2. The van der Waals surface area contributed by atoms with Gasteiger partial charge in [-0.1, -0.05) is 38.1 Å². The Morgan fingerprint density at radius 2 is 1.74 bits per heavy atom. The first-order valence-electron chi connectivity index (χ1n) is 10.0. The number of benzene rings is 1. The second-order valence-corrected chi connectivity index (χ2v) is 11.8. The predicted octanol–water partition coefficient (Wildman–Crippen LogP) is 3.51. The zero-order chi connectivity index (χ0) is 23.9. The summed E-state index contributed by atoms with van der Waals surface area (Å²) < 4.78 is 55.0. The van der Waals surface area contributed by atoms with Crippen LogP contribution in [0.25, 0.3) is 0 Å². The number of hydrogen-bond donors (Lipinski definition) is 1. The molecule has 10 heteroatoms. The third kappa shape index (κ3) is 8.72. The van der Waals surface area contributed by atoms with Crippen molar-refractivity contribution in [1.29, 1.82) is 0 Å². The fourth-order valence-electron chi connectivity index (χ4n) is 2.80. The SMILES string of the molecule is CCOC(=O)[C@@H](NS(=O)(=O)OC(C)(C)C)[C@@H](/C=C/S(=O)(=NC)c1ccccc1)C(C)C. The van der Waals surface area contributed by atoms with E-state index in [1.165, 1.54) is 12.5 Å². The maximum absolute atomic E-state index is 13.3. The maximum atomic E-state index is 13.3. The molecular formula is C21H34N2O6S2. The molecule has 0 bridgehead atoms. The van der Waals surface area contributed by atoms with Crippen LogP contribution < -0.4 is 4.72 Å². The summed E-state index contributed by atoms with van der Waals surface area (Å²) >= 11 is 0. The monoisotopic (exact) mass is 474 g/mol. The fourth-order valence-corrected chi connectivity index (χ4v) is 5.50. The van der Waals surface area contributed by atoms with E-state index in [9.17, 15) is 17.4 Å². The minimum Gasteiger partial charge on any atom is -0.465 e. The van der Waals surface area contributed by atoms with Crippen LogP contribution in [0.3, 0.4) is 0 Å². The second-order valence-electron chi connectivity index (χ2n) is 8.21. The average Bonchev–Trinajstić information content (AvgIpc) is 2.65. The van der Waals surface area contributed by atoms with Gasteiger partial charge in [0.1, 0.15) is 6.04 Å². The predicted molar refractivity (Wildman–Crippen MR) is 122 cm³/mol. The van der Waals surface area contributed by atoms with Gasteiger partial charge in [-0.05, 0) is 45.7 Å². The summed E-state index contributed by atoms with van der Waals surface area (Å²) in [5.74, 6) is -1.60. The molecule has 1 aromatic rings. The van der Waals surface area contributed by atoms with Gasteiger partial charge in [-0.3, -0.25) is 8.98 Å². The van der Waals surface area contributed by atoms with Crippen molar-refractivity contribution < 1.29 is 26.3 Å². The van der Waals surface area contributed by atoms with Crippen LogP contribution in [0.2, 0.25) is 0 Å². The summed E-state index contributed by atoms with van der Waals surface area (Å²) in [5.41, 5.74) is -0.989. The van der Waals surface area contributed by atoms with Gasteiger partial charge in [0.2, 0.25) is 0 Å². The van der Waals surface area contributed by atoms with Crippen LogP contribution >= 0.6 is 0 Å². The molecular weight excluding hydrogens is 440 g/mol. The molecule has 0 aromatic heterocycles. The molecule has 1 aromatic carbocycles. The van der Waals surface area contributed by atoms with Crippen LogP contribution in [0.5, 0.6) is 0 Å². The minimum absolute atomic E-state index is 0.0801. The molecule has 0 aliphatic carbocycles. The number of carbonyl (C=O) groups excluding carboxylic acids is 1. The summed E-state index contributed by atoms with van der Waals surface area (Å²) in [4.78, 5) is 13.2. The molecule has 1 rings (SSSR count). The van der Waals surface area contributed by atoms with Crippen LogP contribution in [-0.2, 0) is 33.7 Å². The normalized spacial score (nSPS) is 16.6. The Bertz CT molecular complexity index is 973. The van der Waals surface area contributed by atoms with Gasteiger partial charge in [0.05, 0.1) is 26.8 Å². The highest BCUT2D eigenvalue weighted by Gasteiger charge is 2.36. The molecule has 8 nitrogen and oxygen atoms in total. The fraction of sp³-hybridized carbons (Fsp3) is 0.571. The van der Waals surface area contributed by atoms with E-state index in [0.29, 0.717) is 4.90 Å². The molecule has 0 saturated heterocycles. The molecule has 1 N–H and O–H groups in total. The zero-order valence-corrected chi connectivity index (χ0v) is 20.8. The van der Waals surface area contributed by atoms with Gasteiger partial charge in [0.25, 0.3) is 0 Å². The van der Waals surface area contributed by atoms with Crippen molar-refractivity contribution in [1.82, 2.24) is 4.72 Å². The minimum atomic E-state index is -4.27. The van der Waals surface area contributed by atoms with E-state index >= 15 is 0 Å². The van der Waals surface area contributed by atoms with Gasteiger partial charge in [-0.15, -0.1) is 0 Å². The molecule has 3 atom stereocenters. The van der Waals surface area contributed by atoms with Gasteiger partial charge in [-0.25, -0.2) is 8.57 Å². The number of nitrogens with zero attached hydrogens (tertiary/aromatic N) is 1. The van der Waals surface area contributed by atoms with E-state index in [0.717, 1.165) is 0 Å². The Hall–Kier alpha value is -1.75. The van der Waals surface area contributed by atoms with Gasteiger partial charge >= 0.3 is 16.3 Å². The summed E-state index contributed by atoms with van der Waals surface area (Å²) in [6.45, 7) is 10.1. The highest BCUT2D eigenvalue weighted by molar-refractivity contribution is 7.96. The van der Waals surface area contributed by atoms with Gasteiger partial charge in [0.15, 0.2) is 0 Å². The maximum Gasteiger partial charge on any atom is 0.337 e. The molecule has 0 aliphatic heterocycles. The highest BCUT2D eigenvalue weighted by Crippen LogP contribution is 2.23. The van der Waals surface area contributed by atoms with Crippen LogP contribution in [-0.4, -0.2) is 43.9 Å². The van der Waals surface area contributed by atoms with E-state index in [1.54, 1.807) is 64.1 Å². The second kappa shape index (κ2) is 11.2. The summed E-state index contributed by atoms with van der Waals surface area (Å²) in [6.07, 6.45) is 1.56. The Morgan fingerprint density at radius 1 is 1.16 bits per heavy atom. The zero-order valence-electron chi connectivity index (χ0n) is 19.2. The Kier molecular flexibility index (Phi) is 9.87. The smallest absolute Gasteiger partial charge is 0.337 e. The van der Waals surface area contributed by atoms with Gasteiger partial charge in [0, 0.05) is 18.4 Å². The van der Waals surface area contributed by atoms with E-state index in [1.807, 2.05) is 13.8 Å². The van der Waals surface area contributed by atoms with Crippen molar-refractivity contribution in [3.63, 3.8) is 0 Å². The van der Waals surface area contributed by atoms with Crippen molar-refractivity contribution in [3.8, 4) is 0 Å². The van der Waals surface area contributed by atoms with Crippen molar-refractivity contribution >= 4 is 26.0 Å². The van der Waals surface area contributed by atoms with Crippen molar-refractivity contribution in [2.75, 3.05) is 13.7 Å². The number of rotatable bonds is 10. The lowest BCUT2D eigenvalue weighted by Gasteiger charge is -2.28. The average molecular weight is 475 g/mol. The molecule has 0 spiro atoms. The molecule has 0 saturated carbocycles. The molecule has 0 amide bonds. The van der Waals surface area contributed by atoms with Gasteiger partial charge < -0.3 is 4.74 Å². The molecule has 0 aliphatic rings.